The van der Waals surface area contributed by atoms with Gasteiger partial charge in [0.25, 0.3) is 5.56 Å². The minimum Gasteiger partial charge on any atom is -0.494 e. The molecule has 0 saturated carbocycles. The maximum atomic E-state index is 14.2. The van der Waals surface area contributed by atoms with Gasteiger partial charge in [0, 0.05) is 29.4 Å². The molecule has 0 aliphatic rings. The Morgan fingerprint density at radius 3 is 2.30 bits per heavy atom. The number of hydrogen-bond acceptors (Lipinski definition) is 5. The molecule has 228 valence electrons. The van der Waals surface area contributed by atoms with Crippen LogP contribution in [0.25, 0.3) is 22.2 Å². The van der Waals surface area contributed by atoms with Crippen molar-refractivity contribution in [3.8, 4) is 16.9 Å². The zero-order valence-corrected chi connectivity index (χ0v) is 26.3. The zero-order chi connectivity index (χ0) is 30.9. The number of carbonyl (C=O) groups excluding carboxylic acids is 1. The van der Waals surface area contributed by atoms with Crippen molar-refractivity contribution in [2.75, 3.05) is 30.8 Å². The third-order valence-corrected chi connectivity index (χ3v) is 7.57. The summed E-state index contributed by atoms with van der Waals surface area (Å²) in [6, 6.07) is 17.1. The fourth-order valence-electron chi connectivity index (χ4n) is 5.35. The highest BCUT2D eigenvalue weighted by molar-refractivity contribution is 6.07. The van der Waals surface area contributed by atoms with Crippen molar-refractivity contribution in [1.29, 1.82) is 0 Å². The Kier molecular flexibility index (Phi) is 11.0. The number of benzene rings is 2. The Labute approximate surface area is 254 Å². The van der Waals surface area contributed by atoms with Gasteiger partial charge in [0.05, 0.1) is 6.61 Å². The number of carbonyl (C=O) groups is 1. The number of unbranched alkanes of at least 4 members (excludes halogenated alkanes) is 1. The van der Waals surface area contributed by atoms with Gasteiger partial charge in [-0.2, -0.15) is 0 Å². The summed E-state index contributed by atoms with van der Waals surface area (Å²) < 4.78 is 7.70. The molecule has 3 N–H and O–H groups in total. The normalized spacial score (nSPS) is 11.3. The van der Waals surface area contributed by atoms with E-state index in [1.54, 1.807) is 10.8 Å². The monoisotopic (exact) mass is 583 g/mol. The van der Waals surface area contributed by atoms with E-state index in [1.165, 1.54) is 0 Å². The van der Waals surface area contributed by atoms with Crippen molar-refractivity contribution in [3.05, 3.63) is 82.3 Å². The molecule has 8 nitrogen and oxygen atoms in total. The molecule has 2 aromatic carbocycles. The van der Waals surface area contributed by atoms with Gasteiger partial charge in [-0.3, -0.25) is 9.36 Å². The van der Waals surface area contributed by atoms with Crippen LogP contribution >= 0.6 is 0 Å². The molecule has 0 bridgehead atoms. The fraction of sp³-hybridized carbons (Fsp3) is 0.400. The van der Waals surface area contributed by atoms with Crippen LogP contribution in [-0.4, -0.2) is 35.8 Å². The quantitative estimate of drug-likeness (QED) is 0.140. The Morgan fingerprint density at radius 2 is 1.63 bits per heavy atom. The van der Waals surface area contributed by atoms with Gasteiger partial charge in [-0.1, -0.05) is 71.4 Å². The molecule has 4 rings (SSSR count). The number of fused-ring (bicyclic) bond motifs is 1. The zero-order valence-electron chi connectivity index (χ0n) is 26.3. The van der Waals surface area contributed by atoms with Crippen LogP contribution < -0.4 is 26.2 Å². The van der Waals surface area contributed by atoms with Crippen LogP contribution in [0.5, 0.6) is 5.75 Å². The molecule has 0 radical (unpaired) electrons. The van der Waals surface area contributed by atoms with E-state index in [4.69, 9.17) is 4.74 Å². The van der Waals surface area contributed by atoms with E-state index in [9.17, 15) is 9.59 Å². The number of pyridine rings is 2. The van der Waals surface area contributed by atoms with Crippen molar-refractivity contribution < 1.29 is 9.53 Å². The van der Waals surface area contributed by atoms with E-state index >= 15 is 0 Å². The highest BCUT2D eigenvalue weighted by atomic mass is 16.5. The lowest BCUT2D eigenvalue weighted by Crippen LogP contribution is -2.30. The number of ether oxygens (including phenoxy) is 1. The Morgan fingerprint density at radius 1 is 0.930 bits per heavy atom. The van der Waals surface area contributed by atoms with Crippen LogP contribution in [0.15, 0.2) is 65.6 Å². The minimum atomic E-state index is -0.460. The highest BCUT2D eigenvalue weighted by Crippen LogP contribution is 2.36. The Balaban J connectivity index is 1.84. The standard InChI is InChI=1S/C35H45N5O3/c1-7-8-20-40-33-29(17-11-19-37-33)30(25-13-9-14-26(22-25)43-21-12-18-36-6)32(34(40)41)39-35(42)38-31-27(23(2)3)15-10-16-28(31)24(4)5/h9-11,13-17,19,22-24,36H,7-8,12,18,20-21H2,1-6H3,(H2,38,39,42). The average molecular weight is 584 g/mol. The van der Waals surface area contributed by atoms with Gasteiger partial charge >= 0.3 is 6.03 Å². The maximum absolute atomic E-state index is 14.2. The van der Waals surface area contributed by atoms with Crippen molar-refractivity contribution in [1.82, 2.24) is 14.9 Å². The van der Waals surface area contributed by atoms with E-state index < -0.39 is 6.03 Å². The second-order valence-electron chi connectivity index (χ2n) is 11.5. The van der Waals surface area contributed by atoms with Crippen molar-refractivity contribution >= 4 is 28.4 Å². The molecular weight excluding hydrogens is 538 g/mol. The van der Waals surface area contributed by atoms with Crippen LogP contribution in [-0.2, 0) is 6.54 Å². The molecule has 2 heterocycles. The molecule has 0 unspecified atom stereocenters. The third kappa shape index (κ3) is 7.43. The second-order valence-corrected chi connectivity index (χ2v) is 11.5. The minimum absolute atomic E-state index is 0.207. The van der Waals surface area contributed by atoms with E-state index in [1.807, 2.05) is 61.6 Å². The number of aromatic nitrogens is 2. The van der Waals surface area contributed by atoms with Crippen LogP contribution in [0.3, 0.4) is 0 Å². The molecule has 0 aliphatic carbocycles. The van der Waals surface area contributed by atoms with Crippen molar-refractivity contribution in [2.45, 2.75) is 72.3 Å². The molecule has 2 aromatic heterocycles. The number of nitrogens with one attached hydrogen (secondary N) is 3. The van der Waals surface area contributed by atoms with Crippen molar-refractivity contribution in [3.63, 3.8) is 0 Å². The predicted octanol–water partition coefficient (Wildman–Crippen LogP) is 7.74. The number of para-hydroxylation sites is 1. The number of urea groups is 1. The van der Waals surface area contributed by atoms with Gasteiger partial charge in [-0.05, 0) is 79.2 Å². The van der Waals surface area contributed by atoms with Crippen LogP contribution in [0.2, 0.25) is 0 Å². The topological polar surface area (TPSA) is 97.3 Å². The van der Waals surface area contributed by atoms with Gasteiger partial charge in [0.1, 0.15) is 17.1 Å². The van der Waals surface area contributed by atoms with Gasteiger partial charge in [-0.25, -0.2) is 9.78 Å². The first kappa shape index (κ1) is 31.8. The van der Waals surface area contributed by atoms with Gasteiger partial charge in [-0.15, -0.1) is 0 Å². The van der Waals surface area contributed by atoms with Crippen LogP contribution in [0.4, 0.5) is 16.2 Å². The molecular formula is C35H45N5O3. The van der Waals surface area contributed by atoms with Gasteiger partial charge < -0.3 is 20.7 Å². The van der Waals surface area contributed by atoms with Gasteiger partial charge in [0.2, 0.25) is 0 Å². The van der Waals surface area contributed by atoms with Crippen LogP contribution in [0.1, 0.15) is 76.8 Å². The number of aryl methyl sites for hydroxylation is 1. The van der Waals surface area contributed by atoms with E-state index in [0.717, 1.165) is 53.6 Å². The molecule has 43 heavy (non-hydrogen) atoms. The SMILES string of the molecule is CCCCn1c(=O)c(NC(=O)Nc2c(C(C)C)cccc2C(C)C)c(-c2cccc(OCCCNC)c2)c2cccnc21. The number of anilines is 2. The summed E-state index contributed by atoms with van der Waals surface area (Å²) in [5.41, 5.74) is 4.80. The highest BCUT2D eigenvalue weighted by Gasteiger charge is 2.23. The summed E-state index contributed by atoms with van der Waals surface area (Å²) in [6.07, 6.45) is 4.30. The molecule has 0 atom stereocenters. The summed E-state index contributed by atoms with van der Waals surface area (Å²) in [7, 11) is 1.91. The molecule has 0 spiro atoms. The smallest absolute Gasteiger partial charge is 0.323 e. The first-order valence-electron chi connectivity index (χ1n) is 15.4. The lowest BCUT2D eigenvalue weighted by Gasteiger charge is -2.22. The number of nitrogens with zero attached hydrogens (tertiary/aromatic N) is 2. The first-order chi connectivity index (χ1) is 20.8. The molecule has 0 aliphatic heterocycles. The number of rotatable bonds is 13. The van der Waals surface area contributed by atoms with E-state index in [2.05, 4.69) is 55.6 Å². The molecule has 0 saturated heterocycles. The Hall–Kier alpha value is -4.17. The fourth-order valence-corrected chi connectivity index (χ4v) is 5.35. The van der Waals surface area contributed by atoms with E-state index in [-0.39, 0.29) is 23.1 Å². The predicted molar refractivity (Wildman–Crippen MR) is 178 cm³/mol. The summed E-state index contributed by atoms with van der Waals surface area (Å²) in [5, 5.41) is 10.0. The number of amides is 2. The summed E-state index contributed by atoms with van der Waals surface area (Å²) >= 11 is 0. The summed E-state index contributed by atoms with van der Waals surface area (Å²) in [5.74, 6) is 1.11. The Bertz CT molecular complexity index is 1580. The van der Waals surface area contributed by atoms with E-state index in [0.29, 0.717) is 30.1 Å². The summed E-state index contributed by atoms with van der Waals surface area (Å²) in [6.45, 7) is 12.4. The largest absolute Gasteiger partial charge is 0.494 e. The second kappa shape index (κ2) is 14.8. The molecule has 4 aromatic rings. The third-order valence-electron chi connectivity index (χ3n) is 7.57. The maximum Gasteiger partial charge on any atom is 0.323 e. The lowest BCUT2D eigenvalue weighted by atomic mass is 9.93. The van der Waals surface area contributed by atoms with Crippen LogP contribution in [0, 0.1) is 0 Å². The molecule has 2 amide bonds. The van der Waals surface area contributed by atoms with Crippen molar-refractivity contribution in [2.24, 2.45) is 0 Å². The lowest BCUT2D eigenvalue weighted by molar-refractivity contribution is 0.262. The average Bonchev–Trinajstić information content (AvgIpc) is 2.99. The summed E-state index contributed by atoms with van der Waals surface area (Å²) in [4.78, 5) is 32.6. The van der Waals surface area contributed by atoms with Gasteiger partial charge in [0.15, 0.2) is 0 Å². The molecule has 8 heteroatoms. The first-order valence-corrected chi connectivity index (χ1v) is 15.4. The molecule has 0 fully saturated rings. The number of hydrogen-bond donors (Lipinski definition) is 3.